The molecule has 5 heterocycles. The van der Waals surface area contributed by atoms with E-state index in [1.165, 1.54) is 6.33 Å². The quantitative estimate of drug-likeness (QED) is 0.347. The summed E-state index contributed by atoms with van der Waals surface area (Å²) in [5.41, 5.74) is 11.0. The SMILES string of the molecule is CC1(c2cc(NC(=O)Nc3ccc(-c4cn(C5CC5)c5ncnc(N)c45)n4ccnc34)on2)CC1. The molecule has 5 aromatic rings. The lowest BCUT2D eigenvalue weighted by molar-refractivity contribution is 0.261. The molecule has 0 bridgehead atoms. The Balaban J connectivity index is 1.22. The molecule has 176 valence electrons. The third kappa shape index (κ3) is 3.22. The molecule has 0 aromatic carbocycles. The number of nitrogens with two attached hydrogens (primary N) is 1. The lowest BCUT2D eigenvalue weighted by atomic mass is 10.1. The lowest BCUT2D eigenvalue weighted by Gasteiger charge is -2.10. The highest BCUT2D eigenvalue weighted by Gasteiger charge is 2.42. The molecule has 0 aliphatic heterocycles. The van der Waals surface area contributed by atoms with E-state index in [2.05, 4.69) is 48.4 Å². The van der Waals surface area contributed by atoms with E-state index in [4.69, 9.17) is 10.3 Å². The zero-order chi connectivity index (χ0) is 23.7. The largest absolute Gasteiger partial charge is 0.383 e. The van der Waals surface area contributed by atoms with E-state index in [0.29, 0.717) is 29.1 Å². The first-order valence-electron chi connectivity index (χ1n) is 11.6. The van der Waals surface area contributed by atoms with E-state index in [0.717, 1.165) is 53.7 Å². The fraction of sp³-hybridized carbons (Fsp3) is 0.292. The van der Waals surface area contributed by atoms with Gasteiger partial charge in [0.15, 0.2) is 5.65 Å². The highest BCUT2D eigenvalue weighted by Crippen LogP contribution is 2.47. The molecule has 5 aromatic heterocycles. The van der Waals surface area contributed by atoms with Crippen LogP contribution in [-0.2, 0) is 5.41 Å². The highest BCUT2D eigenvalue weighted by molar-refractivity contribution is 6.03. The molecular formula is C24H23N9O2. The Morgan fingerprint density at radius 1 is 1.17 bits per heavy atom. The van der Waals surface area contributed by atoms with E-state index in [1.807, 2.05) is 22.7 Å². The minimum absolute atomic E-state index is 0.0643. The van der Waals surface area contributed by atoms with Gasteiger partial charge in [-0.1, -0.05) is 12.1 Å². The van der Waals surface area contributed by atoms with Gasteiger partial charge in [-0.05, 0) is 37.8 Å². The number of nitrogen functional groups attached to an aromatic ring is 1. The van der Waals surface area contributed by atoms with Gasteiger partial charge in [0, 0.05) is 41.7 Å². The summed E-state index contributed by atoms with van der Waals surface area (Å²) in [5.74, 6) is 0.746. The van der Waals surface area contributed by atoms with Crippen LogP contribution in [0.1, 0.15) is 44.3 Å². The molecule has 2 aliphatic carbocycles. The Bertz CT molecular complexity index is 1620. The fourth-order valence-electron chi connectivity index (χ4n) is 4.59. The second-order valence-electron chi connectivity index (χ2n) is 9.61. The van der Waals surface area contributed by atoms with Crippen molar-refractivity contribution in [3.8, 4) is 11.3 Å². The molecule has 0 spiro atoms. The summed E-state index contributed by atoms with van der Waals surface area (Å²) >= 11 is 0. The summed E-state index contributed by atoms with van der Waals surface area (Å²) in [6.45, 7) is 2.13. The van der Waals surface area contributed by atoms with E-state index in [9.17, 15) is 4.79 Å². The zero-order valence-corrected chi connectivity index (χ0v) is 19.0. The minimum Gasteiger partial charge on any atom is -0.383 e. The Labute approximate surface area is 199 Å². The molecule has 2 amide bonds. The van der Waals surface area contributed by atoms with Gasteiger partial charge in [-0.2, -0.15) is 0 Å². The number of hydrogen-bond donors (Lipinski definition) is 3. The maximum absolute atomic E-state index is 12.7. The maximum Gasteiger partial charge on any atom is 0.326 e. The lowest BCUT2D eigenvalue weighted by Crippen LogP contribution is -2.19. The van der Waals surface area contributed by atoms with Crippen LogP contribution < -0.4 is 16.4 Å². The number of carbonyl (C=O) groups excluding carboxylic acids is 1. The van der Waals surface area contributed by atoms with Crippen LogP contribution in [0.3, 0.4) is 0 Å². The van der Waals surface area contributed by atoms with Crippen molar-refractivity contribution in [1.29, 1.82) is 0 Å². The topological polar surface area (TPSA) is 141 Å². The van der Waals surface area contributed by atoms with Crippen molar-refractivity contribution in [2.75, 3.05) is 16.4 Å². The van der Waals surface area contributed by atoms with Crippen LogP contribution in [0.25, 0.3) is 27.9 Å². The average molecular weight is 470 g/mol. The van der Waals surface area contributed by atoms with Crippen LogP contribution in [0.15, 0.2) is 47.6 Å². The molecule has 2 saturated carbocycles. The number of carbonyl (C=O) groups is 1. The van der Waals surface area contributed by atoms with E-state index in [1.54, 1.807) is 12.3 Å². The van der Waals surface area contributed by atoms with Gasteiger partial charge >= 0.3 is 6.03 Å². The standard InChI is InChI=1S/C24H23N9O2/c1-24(6-7-24)17-10-18(35-31-17)30-23(34)29-15-4-5-16(32-9-8-26-21(15)32)14-11-33(13-2-3-13)22-19(14)20(25)27-12-28-22/h4-5,8-13H,2-3,6-7H2,1H3,(H2,25,27,28)(H2,29,30,34). The molecule has 4 N–H and O–H groups in total. The number of anilines is 3. The summed E-state index contributed by atoms with van der Waals surface area (Å²) in [6.07, 6.45) is 11.5. The monoisotopic (exact) mass is 469 g/mol. The molecule has 2 aliphatic rings. The van der Waals surface area contributed by atoms with E-state index >= 15 is 0 Å². The third-order valence-corrected chi connectivity index (χ3v) is 7.02. The molecule has 2 fully saturated rings. The predicted octanol–water partition coefficient (Wildman–Crippen LogP) is 4.35. The van der Waals surface area contributed by atoms with Crippen LogP contribution in [0.4, 0.5) is 22.2 Å². The molecule has 7 rings (SSSR count). The van der Waals surface area contributed by atoms with Crippen molar-refractivity contribution in [3.05, 3.63) is 48.8 Å². The van der Waals surface area contributed by atoms with E-state index < -0.39 is 6.03 Å². The van der Waals surface area contributed by atoms with Crippen LogP contribution in [0.5, 0.6) is 0 Å². The van der Waals surface area contributed by atoms with Crippen LogP contribution in [0.2, 0.25) is 0 Å². The number of hydrogen-bond acceptors (Lipinski definition) is 7. The number of aromatic nitrogens is 6. The number of rotatable bonds is 5. The Hall–Kier alpha value is -4.41. The number of imidazole rings is 1. The summed E-state index contributed by atoms with van der Waals surface area (Å²) < 4.78 is 9.40. The van der Waals surface area contributed by atoms with Crippen molar-refractivity contribution >= 4 is 40.1 Å². The number of nitrogens with zero attached hydrogens (tertiary/aromatic N) is 6. The van der Waals surface area contributed by atoms with Crippen LogP contribution in [0, 0.1) is 0 Å². The van der Waals surface area contributed by atoms with E-state index in [-0.39, 0.29) is 5.41 Å². The molecule has 0 radical (unpaired) electrons. The summed E-state index contributed by atoms with van der Waals surface area (Å²) in [4.78, 5) is 25.9. The van der Waals surface area contributed by atoms with Crippen molar-refractivity contribution < 1.29 is 9.32 Å². The van der Waals surface area contributed by atoms with Gasteiger partial charge in [0.2, 0.25) is 5.88 Å². The van der Waals surface area contributed by atoms with Gasteiger partial charge in [-0.15, -0.1) is 0 Å². The summed E-state index contributed by atoms with van der Waals surface area (Å²) in [7, 11) is 0. The van der Waals surface area contributed by atoms with Crippen LogP contribution >= 0.6 is 0 Å². The number of amides is 2. The second-order valence-corrected chi connectivity index (χ2v) is 9.61. The molecule has 11 nitrogen and oxygen atoms in total. The summed E-state index contributed by atoms with van der Waals surface area (Å²) in [5, 5.41) is 10.5. The molecular weight excluding hydrogens is 446 g/mol. The number of pyridine rings is 1. The number of nitrogens with one attached hydrogen (secondary N) is 2. The second kappa shape index (κ2) is 7.05. The Morgan fingerprint density at radius 2 is 2.03 bits per heavy atom. The maximum atomic E-state index is 12.7. The first kappa shape index (κ1) is 20.0. The Morgan fingerprint density at radius 3 is 2.83 bits per heavy atom. The van der Waals surface area contributed by atoms with Gasteiger partial charge in [0.05, 0.1) is 22.5 Å². The first-order chi connectivity index (χ1) is 17.0. The zero-order valence-electron chi connectivity index (χ0n) is 19.0. The smallest absolute Gasteiger partial charge is 0.326 e. The predicted molar refractivity (Wildman–Crippen MR) is 130 cm³/mol. The number of urea groups is 1. The minimum atomic E-state index is -0.436. The fourth-order valence-corrected chi connectivity index (χ4v) is 4.59. The molecule has 0 atom stereocenters. The van der Waals surface area contributed by atoms with Crippen molar-refractivity contribution in [2.24, 2.45) is 0 Å². The van der Waals surface area contributed by atoms with Gasteiger partial charge in [0.25, 0.3) is 0 Å². The van der Waals surface area contributed by atoms with Crippen molar-refractivity contribution in [2.45, 2.75) is 44.1 Å². The average Bonchev–Trinajstić information content (AvgIpc) is 3.64. The van der Waals surface area contributed by atoms with Gasteiger partial charge in [-0.3, -0.25) is 9.72 Å². The Kier molecular flexibility index (Phi) is 4.03. The molecule has 35 heavy (non-hydrogen) atoms. The highest BCUT2D eigenvalue weighted by atomic mass is 16.5. The van der Waals surface area contributed by atoms with Crippen molar-refractivity contribution in [1.82, 2.24) is 29.1 Å². The van der Waals surface area contributed by atoms with Gasteiger partial charge in [-0.25, -0.2) is 19.7 Å². The molecule has 0 unspecified atom stereocenters. The third-order valence-electron chi connectivity index (χ3n) is 7.02. The van der Waals surface area contributed by atoms with Gasteiger partial charge in [0.1, 0.15) is 17.8 Å². The molecule has 11 heteroatoms. The first-order valence-corrected chi connectivity index (χ1v) is 11.6. The normalized spacial score (nSPS) is 16.6. The van der Waals surface area contributed by atoms with Gasteiger partial charge < -0.3 is 20.1 Å². The van der Waals surface area contributed by atoms with Crippen molar-refractivity contribution in [3.63, 3.8) is 0 Å². The van der Waals surface area contributed by atoms with Crippen LogP contribution in [-0.4, -0.2) is 35.1 Å². The molecule has 0 saturated heterocycles. The number of fused-ring (bicyclic) bond motifs is 2. The summed E-state index contributed by atoms with van der Waals surface area (Å²) in [6, 6.07) is 5.54.